The SMILES string of the molecule is CC(C)N(CCCCl)S(=O)(=O)C1CCS(=O)(=O)CC1. The van der Waals surface area contributed by atoms with Crippen LogP contribution < -0.4 is 0 Å². The minimum absolute atomic E-state index is 0.0294. The van der Waals surface area contributed by atoms with Gasteiger partial charge in [0.25, 0.3) is 0 Å². The van der Waals surface area contributed by atoms with Crippen LogP contribution in [-0.4, -0.2) is 56.4 Å². The van der Waals surface area contributed by atoms with Gasteiger partial charge in [0.05, 0.1) is 16.8 Å². The van der Waals surface area contributed by atoms with Crippen molar-refractivity contribution in [3.8, 4) is 0 Å². The number of halogens is 1. The predicted molar refractivity (Wildman–Crippen MR) is 77.8 cm³/mol. The first-order chi connectivity index (χ1) is 8.70. The summed E-state index contributed by atoms with van der Waals surface area (Å²) in [5.41, 5.74) is 0. The molecule has 0 aromatic carbocycles. The first-order valence-corrected chi connectivity index (χ1v) is 10.3. The van der Waals surface area contributed by atoms with E-state index in [0.29, 0.717) is 18.8 Å². The van der Waals surface area contributed by atoms with Crippen LogP contribution in [0.4, 0.5) is 0 Å². The Kier molecular flexibility index (Phi) is 6.10. The molecule has 1 fully saturated rings. The molecule has 0 aliphatic carbocycles. The lowest BCUT2D eigenvalue weighted by Crippen LogP contribution is -2.46. The standard InChI is InChI=1S/C11H22ClNO4S2/c1-10(2)13(7-3-6-12)19(16,17)11-4-8-18(14,15)9-5-11/h10-11H,3-9H2,1-2H3. The van der Waals surface area contributed by atoms with Gasteiger partial charge in [0.15, 0.2) is 0 Å². The molecule has 0 bridgehead atoms. The monoisotopic (exact) mass is 331 g/mol. The van der Waals surface area contributed by atoms with E-state index in [1.54, 1.807) is 0 Å². The normalized spacial score (nSPS) is 21.1. The van der Waals surface area contributed by atoms with Gasteiger partial charge in [-0.25, -0.2) is 16.8 Å². The summed E-state index contributed by atoms with van der Waals surface area (Å²) in [5, 5.41) is -0.575. The summed E-state index contributed by atoms with van der Waals surface area (Å²) in [6, 6.07) is -0.133. The molecule has 1 heterocycles. The van der Waals surface area contributed by atoms with Crippen LogP contribution in [0.25, 0.3) is 0 Å². The second-order valence-corrected chi connectivity index (χ2v) is 9.99. The Labute approximate surface area is 121 Å². The maximum Gasteiger partial charge on any atom is 0.217 e. The number of sulfonamides is 1. The molecule has 1 rings (SSSR count). The van der Waals surface area contributed by atoms with E-state index in [0.717, 1.165) is 0 Å². The molecule has 0 spiro atoms. The molecule has 0 aromatic rings. The highest BCUT2D eigenvalue weighted by Crippen LogP contribution is 2.24. The molecule has 1 aliphatic rings. The van der Waals surface area contributed by atoms with E-state index in [-0.39, 0.29) is 30.4 Å². The predicted octanol–water partition coefficient (Wildman–Crippen LogP) is 1.23. The molecular weight excluding hydrogens is 310 g/mol. The average molecular weight is 332 g/mol. The van der Waals surface area contributed by atoms with Crippen LogP contribution >= 0.6 is 11.6 Å². The van der Waals surface area contributed by atoms with Crippen LogP contribution in [0.1, 0.15) is 33.1 Å². The molecule has 8 heteroatoms. The molecule has 0 saturated carbocycles. The Balaban J connectivity index is 2.83. The van der Waals surface area contributed by atoms with Gasteiger partial charge in [-0.15, -0.1) is 11.6 Å². The van der Waals surface area contributed by atoms with Crippen molar-refractivity contribution >= 4 is 31.5 Å². The molecule has 1 saturated heterocycles. The lowest BCUT2D eigenvalue weighted by molar-refractivity contribution is 0.347. The van der Waals surface area contributed by atoms with Gasteiger partial charge in [-0.2, -0.15) is 4.31 Å². The fourth-order valence-corrected chi connectivity index (χ4v) is 6.35. The Morgan fingerprint density at radius 3 is 2.21 bits per heavy atom. The van der Waals surface area contributed by atoms with Gasteiger partial charge in [-0.1, -0.05) is 0 Å². The van der Waals surface area contributed by atoms with E-state index in [1.165, 1.54) is 4.31 Å². The topological polar surface area (TPSA) is 71.5 Å². The van der Waals surface area contributed by atoms with E-state index >= 15 is 0 Å². The van der Waals surface area contributed by atoms with Crippen molar-refractivity contribution in [2.45, 2.75) is 44.4 Å². The zero-order chi connectivity index (χ0) is 14.7. The van der Waals surface area contributed by atoms with Gasteiger partial charge in [0, 0.05) is 18.5 Å². The van der Waals surface area contributed by atoms with Gasteiger partial charge in [-0.05, 0) is 33.1 Å². The molecule has 0 amide bonds. The van der Waals surface area contributed by atoms with E-state index in [4.69, 9.17) is 11.6 Å². The van der Waals surface area contributed by atoms with Gasteiger partial charge >= 0.3 is 0 Å². The van der Waals surface area contributed by atoms with E-state index < -0.39 is 25.1 Å². The van der Waals surface area contributed by atoms with Crippen molar-refractivity contribution < 1.29 is 16.8 Å². The summed E-state index contributed by atoms with van der Waals surface area (Å²) in [6.45, 7) is 4.05. The molecule has 0 aromatic heterocycles. The Bertz CT molecular complexity index is 473. The van der Waals surface area contributed by atoms with Crippen molar-refractivity contribution in [1.82, 2.24) is 4.31 Å². The highest BCUT2D eigenvalue weighted by molar-refractivity contribution is 7.92. The van der Waals surface area contributed by atoms with Crippen molar-refractivity contribution in [1.29, 1.82) is 0 Å². The number of hydrogen-bond acceptors (Lipinski definition) is 4. The van der Waals surface area contributed by atoms with Crippen molar-refractivity contribution in [3.05, 3.63) is 0 Å². The smallest absolute Gasteiger partial charge is 0.217 e. The third-order valence-corrected chi connectivity index (χ3v) is 7.89. The molecular formula is C11H22ClNO4S2. The number of sulfone groups is 1. The quantitative estimate of drug-likeness (QED) is 0.686. The molecule has 19 heavy (non-hydrogen) atoms. The van der Waals surface area contributed by atoms with Crippen LogP contribution in [0.5, 0.6) is 0 Å². The van der Waals surface area contributed by atoms with E-state index in [2.05, 4.69) is 0 Å². The average Bonchev–Trinajstić information content (AvgIpc) is 2.28. The number of hydrogen-bond donors (Lipinski definition) is 0. The van der Waals surface area contributed by atoms with E-state index in [1.807, 2.05) is 13.8 Å². The number of nitrogens with zero attached hydrogens (tertiary/aromatic N) is 1. The zero-order valence-corrected chi connectivity index (χ0v) is 13.8. The summed E-state index contributed by atoms with van der Waals surface area (Å²) < 4.78 is 49.3. The molecule has 114 valence electrons. The molecule has 1 aliphatic heterocycles. The maximum absolute atomic E-state index is 12.5. The Morgan fingerprint density at radius 2 is 1.79 bits per heavy atom. The Hall–Kier alpha value is 0.150. The minimum atomic E-state index is -3.44. The second-order valence-electron chi connectivity index (χ2n) is 5.14. The zero-order valence-electron chi connectivity index (χ0n) is 11.4. The highest BCUT2D eigenvalue weighted by atomic mass is 35.5. The molecule has 0 unspecified atom stereocenters. The number of rotatable bonds is 6. The Morgan fingerprint density at radius 1 is 1.26 bits per heavy atom. The first-order valence-electron chi connectivity index (χ1n) is 6.48. The summed E-state index contributed by atoms with van der Waals surface area (Å²) in [7, 11) is -6.48. The molecule has 0 N–H and O–H groups in total. The van der Waals surface area contributed by atoms with Gasteiger partial charge in [-0.3, -0.25) is 0 Å². The fourth-order valence-electron chi connectivity index (χ4n) is 2.25. The van der Waals surface area contributed by atoms with Crippen molar-refractivity contribution in [3.63, 3.8) is 0 Å². The van der Waals surface area contributed by atoms with Crippen LogP contribution in [0.3, 0.4) is 0 Å². The fraction of sp³-hybridized carbons (Fsp3) is 1.00. The van der Waals surface area contributed by atoms with Crippen LogP contribution in [0.15, 0.2) is 0 Å². The summed E-state index contributed by atoms with van der Waals surface area (Å²) in [6.07, 6.45) is 1.01. The van der Waals surface area contributed by atoms with E-state index in [9.17, 15) is 16.8 Å². The first kappa shape index (κ1) is 17.2. The van der Waals surface area contributed by atoms with Crippen molar-refractivity contribution in [2.24, 2.45) is 0 Å². The minimum Gasteiger partial charge on any atom is -0.229 e. The third kappa shape index (κ3) is 4.58. The molecule has 0 atom stereocenters. The van der Waals surface area contributed by atoms with Gasteiger partial charge < -0.3 is 0 Å². The lowest BCUT2D eigenvalue weighted by Gasteiger charge is -2.32. The lowest BCUT2D eigenvalue weighted by atomic mass is 10.2. The van der Waals surface area contributed by atoms with Crippen LogP contribution in [0.2, 0.25) is 0 Å². The van der Waals surface area contributed by atoms with Gasteiger partial charge in [0.2, 0.25) is 10.0 Å². The highest BCUT2D eigenvalue weighted by Gasteiger charge is 2.37. The van der Waals surface area contributed by atoms with Crippen molar-refractivity contribution in [2.75, 3.05) is 23.9 Å². The summed E-state index contributed by atoms with van der Waals surface area (Å²) in [5.74, 6) is 0.356. The maximum atomic E-state index is 12.5. The number of alkyl halides is 1. The third-order valence-electron chi connectivity index (χ3n) is 3.34. The van der Waals surface area contributed by atoms with Crippen LogP contribution in [-0.2, 0) is 19.9 Å². The summed E-state index contributed by atoms with van der Waals surface area (Å²) in [4.78, 5) is 0. The largest absolute Gasteiger partial charge is 0.229 e. The molecule has 0 radical (unpaired) electrons. The van der Waals surface area contributed by atoms with Crippen LogP contribution in [0, 0.1) is 0 Å². The van der Waals surface area contributed by atoms with Gasteiger partial charge in [0.1, 0.15) is 9.84 Å². The summed E-state index contributed by atoms with van der Waals surface area (Å²) >= 11 is 5.62. The second kappa shape index (κ2) is 6.74. The molecule has 5 nitrogen and oxygen atoms in total.